The molecule has 1 aromatic rings. The zero-order chi connectivity index (χ0) is 16.1. The molecule has 0 aromatic carbocycles. The molecule has 5 nitrogen and oxygen atoms in total. The lowest BCUT2D eigenvalue weighted by Crippen LogP contribution is -2.43. The summed E-state index contributed by atoms with van der Waals surface area (Å²) in [6, 6.07) is 0.221. The van der Waals surface area contributed by atoms with Crippen LogP contribution in [0.5, 0.6) is 0 Å². The van der Waals surface area contributed by atoms with Crippen LogP contribution in [-0.2, 0) is 16.1 Å². The van der Waals surface area contributed by atoms with Gasteiger partial charge in [0.2, 0.25) is 5.91 Å². The second-order valence-corrected chi connectivity index (χ2v) is 7.68. The third-order valence-corrected chi connectivity index (χ3v) is 5.64. The van der Waals surface area contributed by atoms with Crippen molar-refractivity contribution in [2.75, 3.05) is 0 Å². The maximum absolute atomic E-state index is 12.2. The zero-order valence-corrected chi connectivity index (χ0v) is 14.4. The van der Waals surface area contributed by atoms with Gasteiger partial charge in [0.25, 0.3) is 0 Å². The predicted molar refractivity (Wildman–Crippen MR) is 90.3 cm³/mol. The Kier molecular flexibility index (Phi) is 5.89. The number of nitrogens with zero attached hydrogens (tertiary/aromatic N) is 1. The van der Waals surface area contributed by atoms with Crippen molar-refractivity contribution in [3.63, 3.8) is 0 Å². The number of ether oxygens (including phenoxy) is 1. The highest BCUT2D eigenvalue weighted by atomic mass is 32.1. The third kappa shape index (κ3) is 4.91. The van der Waals surface area contributed by atoms with Gasteiger partial charge in [0, 0.05) is 17.6 Å². The summed E-state index contributed by atoms with van der Waals surface area (Å²) in [5.74, 6) is 0.00483. The first-order valence-electron chi connectivity index (χ1n) is 8.84. The van der Waals surface area contributed by atoms with Crippen molar-refractivity contribution >= 4 is 17.2 Å². The fraction of sp³-hybridized carbons (Fsp3) is 0.765. The molecule has 0 bridgehead atoms. The van der Waals surface area contributed by atoms with Crippen LogP contribution in [0.2, 0.25) is 0 Å². The van der Waals surface area contributed by atoms with Gasteiger partial charge in [-0.05, 0) is 38.5 Å². The lowest BCUT2D eigenvalue weighted by Gasteiger charge is -2.33. The molecule has 2 aliphatic carbocycles. The average Bonchev–Trinajstić information content (AvgIpc) is 2.93. The number of carbonyl (C=O) groups is 1. The van der Waals surface area contributed by atoms with Crippen LogP contribution in [0.25, 0.3) is 0 Å². The van der Waals surface area contributed by atoms with Gasteiger partial charge in [0.05, 0.1) is 12.2 Å². The van der Waals surface area contributed by atoms with Crippen LogP contribution < -0.4 is 10.1 Å². The van der Waals surface area contributed by atoms with E-state index in [9.17, 15) is 4.79 Å². The van der Waals surface area contributed by atoms with E-state index in [0.717, 1.165) is 25.7 Å². The van der Waals surface area contributed by atoms with Gasteiger partial charge in [0.15, 0.2) is 4.80 Å². The van der Waals surface area contributed by atoms with E-state index >= 15 is 0 Å². The highest BCUT2D eigenvalue weighted by molar-refractivity contribution is 7.06. The van der Waals surface area contributed by atoms with Crippen molar-refractivity contribution in [2.45, 2.75) is 82.6 Å². The average molecular weight is 337 g/mol. The number of nitrogens with one attached hydrogen (secondary N) is 2. The summed E-state index contributed by atoms with van der Waals surface area (Å²) in [4.78, 5) is 12.6. The molecular formula is C17H27N3O2S. The molecule has 128 valence electrons. The largest absolute Gasteiger partial charge is 0.375 e. The van der Waals surface area contributed by atoms with E-state index in [-0.39, 0.29) is 18.5 Å². The first-order valence-corrected chi connectivity index (χ1v) is 9.72. The molecule has 0 spiro atoms. The normalized spacial score (nSPS) is 26.1. The van der Waals surface area contributed by atoms with Gasteiger partial charge in [-0.1, -0.05) is 19.3 Å². The van der Waals surface area contributed by atoms with Crippen molar-refractivity contribution < 1.29 is 9.53 Å². The summed E-state index contributed by atoms with van der Waals surface area (Å²) in [6.07, 6.45) is 13.1. The highest BCUT2D eigenvalue weighted by Gasteiger charge is 2.26. The van der Waals surface area contributed by atoms with E-state index in [4.69, 9.17) is 10.1 Å². The second-order valence-electron chi connectivity index (χ2n) is 6.79. The van der Waals surface area contributed by atoms with Crippen molar-refractivity contribution in [3.05, 3.63) is 16.4 Å². The van der Waals surface area contributed by atoms with E-state index < -0.39 is 0 Å². The smallest absolute Gasteiger partial charge is 0.240 e. The van der Waals surface area contributed by atoms with Gasteiger partial charge in [-0.15, -0.1) is 11.3 Å². The minimum atomic E-state index is 0.00483. The van der Waals surface area contributed by atoms with Gasteiger partial charge < -0.3 is 14.6 Å². The van der Waals surface area contributed by atoms with Crippen LogP contribution >= 0.6 is 11.3 Å². The number of aromatic nitrogens is 1. The fourth-order valence-corrected chi connectivity index (χ4v) is 4.33. The monoisotopic (exact) mass is 337 g/mol. The predicted octanol–water partition coefficient (Wildman–Crippen LogP) is 2.81. The topological polar surface area (TPSA) is 67.1 Å². The maximum Gasteiger partial charge on any atom is 0.240 e. The quantitative estimate of drug-likeness (QED) is 0.867. The second kappa shape index (κ2) is 8.11. The molecule has 2 unspecified atom stereocenters. The van der Waals surface area contributed by atoms with Crippen molar-refractivity contribution in [2.24, 2.45) is 0 Å². The summed E-state index contributed by atoms with van der Waals surface area (Å²) >= 11 is 1.34. The fourth-order valence-electron chi connectivity index (χ4n) is 3.73. The van der Waals surface area contributed by atoms with Gasteiger partial charge in [-0.2, -0.15) is 0 Å². The van der Waals surface area contributed by atoms with Gasteiger partial charge in [-0.25, -0.2) is 0 Å². The van der Waals surface area contributed by atoms with Crippen LogP contribution in [0.4, 0.5) is 0 Å². The number of carbonyl (C=O) groups excluding carboxylic acids is 1. The van der Waals surface area contributed by atoms with E-state index in [2.05, 4.69) is 5.32 Å². The molecule has 2 fully saturated rings. The number of amides is 1. The maximum atomic E-state index is 12.2. The molecule has 0 aliphatic heterocycles. The molecule has 2 aliphatic rings. The van der Waals surface area contributed by atoms with E-state index in [1.54, 1.807) is 10.8 Å². The Morgan fingerprint density at radius 3 is 2.74 bits per heavy atom. The highest BCUT2D eigenvalue weighted by Crippen LogP contribution is 2.27. The molecule has 3 rings (SSSR count). The first kappa shape index (κ1) is 16.7. The van der Waals surface area contributed by atoms with E-state index in [1.165, 1.54) is 43.4 Å². The van der Waals surface area contributed by atoms with Crippen LogP contribution in [-0.4, -0.2) is 28.7 Å². The summed E-state index contributed by atoms with van der Waals surface area (Å²) in [7, 11) is 0. The molecule has 0 radical (unpaired) electrons. The summed E-state index contributed by atoms with van der Waals surface area (Å²) in [5.41, 5.74) is 0. The Hall–Kier alpha value is -1.14. The lowest BCUT2D eigenvalue weighted by molar-refractivity contribution is -0.123. The lowest BCUT2D eigenvalue weighted by atomic mass is 9.91. The number of hydrogen-bond acceptors (Lipinski definition) is 4. The Bertz CT molecular complexity index is 562. The molecule has 2 N–H and O–H groups in total. The van der Waals surface area contributed by atoms with Gasteiger partial charge >= 0.3 is 0 Å². The van der Waals surface area contributed by atoms with Gasteiger partial charge in [-0.3, -0.25) is 10.2 Å². The summed E-state index contributed by atoms with van der Waals surface area (Å²) < 4.78 is 7.96. The Morgan fingerprint density at radius 2 is 2.00 bits per heavy atom. The minimum Gasteiger partial charge on any atom is -0.375 e. The van der Waals surface area contributed by atoms with Crippen LogP contribution in [0, 0.1) is 5.41 Å². The summed E-state index contributed by atoms with van der Waals surface area (Å²) in [6.45, 7) is 0.243. The van der Waals surface area contributed by atoms with Crippen molar-refractivity contribution in [3.8, 4) is 0 Å². The Morgan fingerprint density at radius 1 is 1.22 bits per heavy atom. The molecule has 6 heteroatoms. The minimum absolute atomic E-state index is 0.00483. The Labute approximate surface area is 141 Å². The molecule has 1 aromatic heterocycles. The molecular weight excluding hydrogens is 310 g/mol. The number of thiazole rings is 1. The van der Waals surface area contributed by atoms with E-state index in [0.29, 0.717) is 17.0 Å². The SMILES string of the molecule is N=c1sccn1CC(=O)NC1CCCC(OC2CCCCC2)C1. The molecule has 1 amide bonds. The van der Waals surface area contributed by atoms with Crippen molar-refractivity contribution in [1.29, 1.82) is 5.41 Å². The molecule has 2 saturated carbocycles. The standard InChI is InChI=1S/C17H27N3O2S/c18-17-20(9-10-23-17)12-16(21)19-13-5-4-8-15(11-13)22-14-6-2-1-3-7-14/h9-10,13-15,18H,1-8,11-12H2,(H,19,21). The third-order valence-electron chi connectivity index (χ3n) is 4.92. The van der Waals surface area contributed by atoms with Crippen LogP contribution in [0.3, 0.4) is 0 Å². The van der Waals surface area contributed by atoms with Crippen LogP contribution in [0.1, 0.15) is 57.8 Å². The molecule has 23 heavy (non-hydrogen) atoms. The number of hydrogen-bond donors (Lipinski definition) is 2. The molecule has 0 saturated heterocycles. The van der Waals surface area contributed by atoms with Gasteiger partial charge in [0.1, 0.15) is 6.54 Å². The molecule has 2 atom stereocenters. The van der Waals surface area contributed by atoms with Crippen molar-refractivity contribution in [1.82, 2.24) is 9.88 Å². The number of rotatable bonds is 5. The van der Waals surface area contributed by atoms with E-state index in [1.807, 2.05) is 5.38 Å². The molecule has 1 heterocycles. The zero-order valence-electron chi connectivity index (χ0n) is 13.6. The van der Waals surface area contributed by atoms with Crippen LogP contribution in [0.15, 0.2) is 11.6 Å². The summed E-state index contributed by atoms with van der Waals surface area (Å²) in [5, 5.41) is 12.7. The Balaban J connectivity index is 1.45. The first-order chi connectivity index (χ1) is 11.2.